The quantitative estimate of drug-likeness (QED) is 0.159. The first-order chi connectivity index (χ1) is 27.6. The van der Waals surface area contributed by atoms with Gasteiger partial charge in [0.15, 0.2) is 0 Å². The predicted molar refractivity (Wildman–Crippen MR) is 239 cm³/mol. The number of aryl methyl sites for hydroxylation is 2. The van der Waals surface area contributed by atoms with Crippen molar-refractivity contribution in [1.29, 1.82) is 0 Å². The number of hydrogen-bond donors (Lipinski definition) is 0. The van der Waals surface area contributed by atoms with Crippen molar-refractivity contribution in [1.82, 2.24) is 4.57 Å². The van der Waals surface area contributed by atoms with Crippen LogP contribution in [-0.2, 0) is 0 Å². The molecule has 10 aromatic rings. The summed E-state index contributed by atoms with van der Waals surface area (Å²) in [6.07, 6.45) is 0. The van der Waals surface area contributed by atoms with Crippen LogP contribution in [0.5, 0.6) is 0 Å². The number of benzene rings is 9. The third-order valence-electron chi connectivity index (χ3n) is 11.3. The number of hydrogen-bond acceptors (Lipinski definition) is 1. The maximum Gasteiger partial charge on any atom is 0.0562 e. The molecule has 1 aromatic heterocycles. The lowest BCUT2D eigenvalue weighted by Gasteiger charge is -2.27. The molecule has 0 atom stereocenters. The molecular weight excluding hydrogens is 677 g/mol. The Morgan fingerprint density at radius 3 is 1.73 bits per heavy atom. The van der Waals surface area contributed by atoms with Crippen LogP contribution in [0.3, 0.4) is 0 Å². The molecule has 2 nitrogen and oxygen atoms in total. The second kappa shape index (κ2) is 13.9. The zero-order valence-electron chi connectivity index (χ0n) is 31.5. The molecule has 0 unspecified atom stereocenters. The highest BCUT2D eigenvalue weighted by atomic mass is 15.1. The van der Waals surface area contributed by atoms with Crippen LogP contribution >= 0.6 is 0 Å². The molecular formula is C54H40N2. The maximum atomic E-state index is 2.50. The summed E-state index contributed by atoms with van der Waals surface area (Å²) in [5.74, 6) is 0. The van der Waals surface area contributed by atoms with Crippen LogP contribution in [-0.4, -0.2) is 4.57 Å². The lowest BCUT2D eigenvalue weighted by molar-refractivity contribution is 1.18. The molecule has 9 aromatic carbocycles. The third-order valence-corrected chi connectivity index (χ3v) is 11.3. The molecule has 0 aliphatic rings. The van der Waals surface area contributed by atoms with Gasteiger partial charge in [-0.2, -0.15) is 0 Å². The van der Waals surface area contributed by atoms with Gasteiger partial charge in [0.25, 0.3) is 0 Å². The minimum atomic E-state index is 1.10. The van der Waals surface area contributed by atoms with Gasteiger partial charge in [-0.3, -0.25) is 0 Å². The lowest BCUT2D eigenvalue weighted by atomic mass is 9.94. The van der Waals surface area contributed by atoms with Crippen molar-refractivity contribution in [3.63, 3.8) is 0 Å². The molecule has 0 spiro atoms. The number of nitrogens with zero attached hydrogens (tertiary/aromatic N) is 2. The molecule has 2 heteroatoms. The minimum Gasteiger partial charge on any atom is -0.310 e. The average Bonchev–Trinajstić information content (AvgIpc) is 3.58. The average molecular weight is 717 g/mol. The van der Waals surface area contributed by atoms with Gasteiger partial charge in [0.2, 0.25) is 0 Å². The van der Waals surface area contributed by atoms with E-state index < -0.39 is 0 Å². The van der Waals surface area contributed by atoms with Gasteiger partial charge in [0.1, 0.15) is 0 Å². The molecule has 56 heavy (non-hydrogen) atoms. The second-order valence-corrected chi connectivity index (χ2v) is 14.7. The zero-order valence-corrected chi connectivity index (χ0v) is 31.5. The number of fused-ring (bicyclic) bond motifs is 4. The molecule has 1 heterocycles. The molecule has 0 fully saturated rings. The van der Waals surface area contributed by atoms with Crippen molar-refractivity contribution >= 4 is 49.6 Å². The van der Waals surface area contributed by atoms with Gasteiger partial charge in [0.05, 0.1) is 22.4 Å². The van der Waals surface area contributed by atoms with E-state index in [9.17, 15) is 0 Å². The van der Waals surface area contributed by atoms with Gasteiger partial charge in [0, 0.05) is 33.1 Å². The number of aromatic nitrogens is 1. The van der Waals surface area contributed by atoms with Crippen LogP contribution in [0.4, 0.5) is 17.1 Å². The van der Waals surface area contributed by atoms with Crippen LogP contribution in [0.1, 0.15) is 11.1 Å². The first-order valence-corrected chi connectivity index (χ1v) is 19.4. The SMILES string of the molecule is Cc1ccccc1-c1ccc(-c2ccccc2C)c(-n2c3ccccc3c3ccc(N(c4ccc(-c5ccccc5)cc4)c4cccc5ccccc45)cc32)c1. The highest BCUT2D eigenvalue weighted by Gasteiger charge is 2.21. The second-order valence-electron chi connectivity index (χ2n) is 14.7. The zero-order chi connectivity index (χ0) is 37.6. The largest absolute Gasteiger partial charge is 0.310 e. The molecule has 0 saturated heterocycles. The van der Waals surface area contributed by atoms with E-state index in [1.165, 1.54) is 71.6 Å². The molecule has 266 valence electrons. The van der Waals surface area contributed by atoms with Crippen LogP contribution in [0.2, 0.25) is 0 Å². The van der Waals surface area contributed by atoms with Crippen LogP contribution in [0.15, 0.2) is 206 Å². The summed E-state index contributed by atoms with van der Waals surface area (Å²) in [5, 5.41) is 4.87. The first-order valence-electron chi connectivity index (χ1n) is 19.4. The molecule has 0 aliphatic carbocycles. The van der Waals surface area contributed by atoms with Crippen LogP contribution < -0.4 is 4.90 Å². The molecule has 0 saturated carbocycles. The van der Waals surface area contributed by atoms with Crippen molar-refractivity contribution < 1.29 is 0 Å². The maximum absolute atomic E-state index is 2.50. The standard InChI is InChI=1S/C54H40N2/c1-37-15-6-9-21-45(37)42-29-33-49(46-22-10-7-16-38(46)2)53(35-42)56-52-25-13-12-24-48(52)50-34-32-44(36-54(50)56)55(51-26-14-20-41-19-8-11-23-47(41)51)43-30-27-40(28-31-43)39-17-4-3-5-18-39/h3-36H,1-2H3. The van der Waals surface area contributed by atoms with E-state index in [1.54, 1.807) is 0 Å². The predicted octanol–water partition coefficient (Wildman–Crippen LogP) is 15.0. The fourth-order valence-corrected chi connectivity index (χ4v) is 8.51. The lowest BCUT2D eigenvalue weighted by Crippen LogP contribution is -2.10. The van der Waals surface area contributed by atoms with Gasteiger partial charge in [-0.15, -0.1) is 0 Å². The fraction of sp³-hybridized carbons (Fsp3) is 0.0370. The smallest absolute Gasteiger partial charge is 0.0562 e. The van der Waals surface area contributed by atoms with E-state index in [4.69, 9.17) is 0 Å². The highest BCUT2D eigenvalue weighted by Crippen LogP contribution is 2.44. The normalized spacial score (nSPS) is 11.4. The topological polar surface area (TPSA) is 8.17 Å². The summed E-state index contributed by atoms with van der Waals surface area (Å²) in [5.41, 5.74) is 16.6. The van der Waals surface area contributed by atoms with E-state index >= 15 is 0 Å². The molecule has 0 bridgehead atoms. The summed E-state index contributed by atoms with van der Waals surface area (Å²) in [6, 6.07) is 75.2. The van der Waals surface area contributed by atoms with E-state index in [-0.39, 0.29) is 0 Å². The van der Waals surface area contributed by atoms with E-state index in [1.807, 2.05) is 0 Å². The van der Waals surface area contributed by atoms with Gasteiger partial charge < -0.3 is 9.47 Å². The Bertz CT molecular complexity index is 3040. The van der Waals surface area contributed by atoms with Crippen LogP contribution in [0, 0.1) is 13.8 Å². The summed E-state index contributed by atoms with van der Waals surface area (Å²) < 4.78 is 2.50. The Kier molecular flexibility index (Phi) is 8.30. The van der Waals surface area contributed by atoms with Crippen molar-refractivity contribution in [2.75, 3.05) is 4.90 Å². The summed E-state index contributed by atoms with van der Waals surface area (Å²) in [4.78, 5) is 2.42. The molecule has 10 rings (SSSR count). The molecule has 0 aliphatic heterocycles. The van der Waals surface area contributed by atoms with Gasteiger partial charge in [-0.05, 0) is 101 Å². The van der Waals surface area contributed by atoms with Gasteiger partial charge in [-0.25, -0.2) is 0 Å². The Hall–Kier alpha value is -7.16. The Morgan fingerprint density at radius 2 is 0.946 bits per heavy atom. The van der Waals surface area contributed by atoms with Crippen molar-refractivity contribution in [3.05, 3.63) is 217 Å². The summed E-state index contributed by atoms with van der Waals surface area (Å²) in [7, 11) is 0. The minimum absolute atomic E-state index is 1.10. The Balaban J connectivity index is 1.25. The fourth-order valence-electron chi connectivity index (χ4n) is 8.51. The number of para-hydroxylation sites is 1. The van der Waals surface area contributed by atoms with Gasteiger partial charge in [-0.1, -0.05) is 164 Å². The number of anilines is 3. The van der Waals surface area contributed by atoms with Crippen LogP contribution in [0.25, 0.3) is 71.6 Å². The van der Waals surface area contributed by atoms with E-state index in [0.717, 1.165) is 28.3 Å². The van der Waals surface area contributed by atoms with E-state index in [0.29, 0.717) is 0 Å². The molecule has 0 amide bonds. The Morgan fingerprint density at radius 1 is 0.357 bits per heavy atom. The van der Waals surface area contributed by atoms with E-state index in [2.05, 4.69) is 230 Å². The summed E-state index contributed by atoms with van der Waals surface area (Å²) in [6.45, 7) is 4.41. The van der Waals surface area contributed by atoms with Gasteiger partial charge >= 0.3 is 0 Å². The van der Waals surface area contributed by atoms with Crippen molar-refractivity contribution in [3.8, 4) is 39.1 Å². The van der Waals surface area contributed by atoms with Crippen molar-refractivity contribution in [2.24, 2.45) is 0 Å². The Labute approximate surface area is 328 Å². The summed E-state index contributed by atoms with van der Waals surface area (Å²) >= 11 is 0. The first kappa shape index (κ1) is 33.4. The highest BCUT2D eigenvalue weighted by molar-refractivity contribution is 6.11. The molecule has 0 radical (unpaired) electrons. The molecule has 0 N–H and O–H groups in total. The third kappa shape index (κ3) is 5.75. The van der Waals surface area contributed by atoms with Crippen molar-refractivity contribution in [2.45, 2.75) is 13.8 Å². The number of rotatable bonds is 7. The monoisotopic (exact) mass is 716 g/mol.